The maximum atomic E-state index is 9.23. The van der Waals surface area contributed by atoms with Crippen LogP contribution in [0, 0.1) is 0 Å². The van der Waals surface area contributed by atoms with E-state index in [2.05, 4.69) is 5.32 Å². The van der Waals surface area contributed by atoms with Gasteiger partial charge in [0.2, 0.25) is 0 Å². The third-order valence-corrected chi connectivity index (χ3v) is 2.72. The monoisotopic (exact) mass is 289 g/mol. The van der Waals surface area contributed by atoms with Gasteiger partial charge in [-0.3, -0.25) is 0 Å². The van der Waals surface area contributed by atoms with Crippen LogP contribution >= 0.6 is 12.4 Å². The number of para-hydroxylation sites is 1. The van der Waals surface area contributed by atoms with Crippen molar-refractivity contribution in [2.45, 2.75) is 32.9 Å². The van der Waals surface area contributed by atoms with Crippen LogP contribution in [-0.2, 0) is 6.54 Å². The summed E-state index contributed by atoms with van der Waals surface area (Å²) < 4.78 is 10.9. The number of methoxy groups -OCH3 is 1. The van der Waals surface area contributed by atoms with Gasteiger partial charge in [0, 0.05) is 17.6 Å². The first kappa shape index (κ1) is 18.0. The van der Waals surface area contributed by atoms with E-state index in [1.165, 1.54) is 0 Å². The molecule has 0 aliphatic heterocycles. The van der Waals surface area contributed by atoms with Crippen LogP contribution < -0.4 is 14.8 Å². The van der Waals surface area contributed by atoms with E-state index in [-0.39, 0.29) is 24.6 Å². The lowest BCUT2D eigenvalue weighted by molar-refractivity contribution is 0.186. The molecular weight excluding hydrogens is 266 g/mol. The molecule has 0 aromatic heterocycles. The Hall–Kier alpha value is -0.970. The number of halogens is 1. The Labute approximate surface area is 121 Å². The van der Waals surface area contributed by atoms with Crippen LogP contribution in [0.25, 0.3) is 0 Å². The summed E-state index contributed by atoms with van der Waals surface area (Å²) in [5.74, 6) is 1.50. The molecule has 0 saturated carbocycles. The molecule has 4 nitrogen and oxygen atoms in total. The minimum Gasteiger partial charge on any atom is -0.493 e. The average molecular weight is 290 g/mol. The van der Waals surface area contributed by atoms with E-state index in [9.17, 15) is 5.11 Å². The van der Waals surface area contributed by atoms with Gasteiger partial charge in [0.1, 0.15) is 0 Å². The van der Waals surface area contributed by atoms with Crippen molar-refractivity contribution in [3.05, 3.63) is 23.8 Å². The summed E-state index contributed by atoms with van der Waals surface area (Å²) in [6, 6.07) is 5.81. The van der Waals surface area contributed by atoms with Crippen LogP contribution in [0.2, 0.25) is 0 Å². The Balaban J connectivity index is 0.00000324. The quantitative estimate of drug-likeness (QED) is 0.809. The van der Waals surface area contributed by atoms with Crippen molar-refractivity contribution >= 4 is 12.4 Å². The first-order chi connectivity index (χ1) is 8.54. The smallest absolute Gasteiger partial charge is 0.165 e. The van der Waals surface area contributed by atoms with Gasteiger partial charge in [-0.2, -0.15) is 0 Å². The van der Waals surface area contributed by atoms with Gasteiger partial charge in [-0.15, -0.1) is 12.4 Å². The zero-order chi connectivity index (χ0) is 13.6. The van der Waals surface area contributed by atoms with Gasteiger partial charge in [0.05, 0.1) is 20.3 Å². The second-order valence-electron chi connectivity index (χ2n) is 4.78. The third-order valence-electron chi connectivity index (χ3n) is 2.72. The minimum atomic E-state index is -0.313. The lowest BCUT2D eigenvalue weighted by Gasteiger charge is -2.24. The zero-order valence-corrected chi connectivity index (χ0v) is 12.8. The van der Waals surface area contributed by atoms with Crippen molar-refractivity contribution in [1.29, 1.82) is 0 Å². The van der Waals surface area contributed by atoms with Crippen molar-refractivity contribution in [3.8, 4) is 11.5 Å². The molecular formula is C14H24ClNO3. The highest BCUT2D eigenvalue weighted by molar-refractivity contribution is 5.85. The highest BCUT2D eigenvalue weighted by Gasteiger charge is 2.17. The molecule has 0 atom stereocenters. The van der Waals surface area contributed by atoms with Gasteiger partial charge in [0.25, 0.3) is 0 Å². The first-order valence-electron chi connectivity index (χ1n) is 6.18. The molecule has 0 amide bonds. The molecule has 5 heteroatoms. The molecule has 2 N–H and O–H groups in total. The number of ether oxygens (including phenoxy) is 2. The molecule has 19 heavy (non-hydrogen) atoms. The fourth-order valence-electron chi connectivity index (χ4n) is 1.56. The number of aliphatic hydroxyl groups excluding tert-OH is 1. The number of aliphatic hydroxyl groups is 1. The molecule has 0 radical (unpaired) electrons. The van der Waals surface area contributed by atoms with E-state index in [1.54, 1.807) is 7.11 Å². The van der Waals surface area contributed by atoms with Gasteiger partial charge < -0.3 is 19.9 Å². The lowest BCUT2D eigenvalue weighted by atomic mass is 10.1. The Bertz CT molecular complexity index is 383. The molecule has 0 aliphatic rings. The van der Waals surface area contributed by atoms with Crippen molar-refractivity contribution in [2.24, 2.45) is 0 Å². The summed E-state index contributed by atoms with van der Waals surface area (Å²) in [6.45, 7) is 7.15. The maximum absolute atomic E-state index is 9.23. The maximum Gasteiger partial charge on any atom is 0.165 e. The zero-order valence-electron chi connectivity index (χ0n) is 12.0. The number of nitrogens with one attached hydrogen (secondary N) is 1. The Morgan fingerprint density at radius 2 is 2.00 bits per heavy atom. The summed E-state index contributed by atoms with van der Waals surface area (Å²) >= 11 is 0. The van der Waals surface area contributed by atoms with Crippen molar-refractivity contribution in [3.63, 3.8) is 0 Å². The van der Waals surface area contributed by atoms with Gasteiger partial charge in [-0.25, -0.2) is 0 Å². The molecule has 1 aromatic carbocycles. The van der Waals surface area contributed by atoms with Crippen LogP contribution in [0.5, 0.6) is 11.5 Å². The van der Waals surface area contributed by atoms with Gasteiger partial charge >= 0.3 is 0 Å². The topological polar surface area (TPSA) is 50.7 Å². The van der Waals surface area contributed by atoms with Crippen LogP contribution in [0.1, 0.15) is 26.3 Å². The second kappa shape index (κ2) is 8.25. The Kier molecular flexibility index (Phi) is 7.83. The Morgan fingerprint density at radius 3 is 2.53 bits per heavy atom. The molecule has 1 aromatic rings. The highest BCUT2D eigenvalue weighted by Crippen LogP contribution is 2.31. The van der Waals surface area contributed by atoms with Crippen LogP contribution in [0.3, 0.4) is 0 Å². The predicted octanol–water partition coefficient (Wildman–Crippen LogP) is 2.38. The van der Waals surface area contributed by atoms with Gasteiger partial charge in [-0.05, 0) is 26.8 Å². The van der Waals surface area contributed by atoms with E-state index < -0.39 is 0 Å². The fraction of sp³-hybridized carbons (Fsp3) is 0.571. The standard InChI is InChI=1S/C14H23NO3.ClH/c1-5-18-13-11(7-6-8-12(13)17-4)9-15-14(2,3)10-16;/h6-8,15-16H,5,9-10H2,1-4H3;1H. The van der Waals surface area contributed by atoms with E-state index in [4.69, 9.17) is 9.47 Å². The number of benzene rings is 1. The van der Waals surface area contributed by atoms with E-state index in [0.29, 0.717) is 13.2 Å². The number of rotatable bonds is 7. The average Bonchev–Trinajstić information content (AvgIpc) is 2.38. The largest absolute Gasteiger partial charge is 0.493 e. The normalized spacial score (nSPS) is 10.8. The molecule has 0 bridgehead atoms. The third kappa shape index (κ3) is 5.27. The molecule has 110 valence electrons. The van der Waals surface area contributed by atoms with Gasteiger partial charge in [-0.1, -0.05) is 12.1 Å². The van der Waals surface area contributed by atoms with Crippen LogP contribution in [-0.4, -0.2) is 31.0 Å². The molecule has 0 saturated heterocycles. The van der Waals surface area contributed by atoms with E-state index in [1.807, 2.05) is 39.0 Å². The SMILES string of the molecule is CCOc1c(CNC(C)(C)CO)cccc1OC.Cl. The van der Waals surface area contributed by atoms with Crippen molar-refractivity contribution < 1.29 is 14.6 Å². The Morgan fingerprint density at radius 1 is 1.32 bits per heavy atom. The van der Waals surface area contributed by atoms with E-state index >= 15 is 0 Å². The molecule has 0 heterocycles. The summed E-state index contributed by atoms with van der Waals surface area (Å²) in [6.07, 6.45) is 0. The van der Waals surface area contributed by atoms with Crippen LogP contribution in [0.15, 0.2) is 18.2 Å². The van der Waals surface area contributed by atoms with Crippen molar-refractivity contribution in [1.82, 2.24) is 5.32 Å². The number of hydrogen-bond donors (Lipinski definition) is 2. The van der Waals surface area contributed by atoms with E-state index in [0.717, 1.165) is 17.1 Å². The molecule has 0 unspecified atom stereocenters. The summed E-state index contributed by atoms with van der Waals surface area (Å²) in [5.41, 5.74) is 0.713. The second-order valence-corrected chi connectivity index (χ2v) is 4.78. The minimum absolute atomic E-state index is 0. The molecule has 0 fully saturated rings. The van der Waals surface area contributed by atoms with Crippen LogP contribution in [0.4, 0.5) is 0 Å². The summed E-state index contributed by atoms with van der Waals surface area (Å²) in [4.78, 5) is 0. The lowest BCUT2D eigenvalue weighted by Crippen LogP contribution is -2.42. The molecule has 0 aliphatic carbocycles. The fourth-order valence-corrected chi connectivity index (χ4v) is 1.56. The summed E-state index contributed by atoms with van der Waals surface area (Å²) in [5, 5.41) is 12.5. The molecule has 1 rings (SSSR count). The molecule has 0 spiro atoms. The summed E-state index contributed by atoms with van der Waals surface area (Å²) in [7, 11) is 1.63. The number of hydrogen-bond acceptors (Lipinski definition) is 4. The first-order valence-corrected chi connectivity index (χ1v) is 6.18. The van der Waals surface area contributed by atoms with Gasteiger partial charge in [0.15, 0.2) is 11.5 Å². The highest BCUT2D eigenvalue weighted by atomic mass is 35.5. The predicted molar refractivity (Wildman–Crippen MR) is 79.4 cm³/mol. The van der Waals surface area contributed by atoms with Crippen molar-refractivity contribution in [2.75, 3.05) is 20.3 Å².